The number of nitrogens with zero attached hydrogens (tertiary/aromatic N) is 1. The van der Waals surface area contributed by atoms with Gasteiger partial charge in [-0.15, -0.1) is 0 Å². The average molecular weight is 315 g/mol. The van der Waals surface area contributed by atoms with Crippen LogP contribution in [0.2, 0.25) is 0 Å². The number of para-hydroxylation sites is 1. The Labute approximate surface area is 143 Å². The number of aryl methyl sites for hydroxylation is 1. The van der Waals surface area contributed by atoms with Crippen molar-refractivity contribution in [1.29, 1.82) is 0 Å². The quantitative estimate of drug-likeness (QED) is 0.730. The van der Waals surface area contributed by atoms with Crippen molar-refractivity contribution in [3.05, 3.63) is 95.1 Å². The first-order chi connectivity index (χ1) is 11.7. The molecule has 0 aromatic heterocycles. The summed E-state index contributed by atoms with van der Waals surface area (Å²) in [6.45, 7) is 3.14. The van der Waals surface area contributed by atoms with Crippen molar-refractivity contribution >= 4 is 5.69 Å². The fraction of sp³-hybridized carbons (Fsp3) is 0.182. The molecule has 24 heavy (non-hydrogen) atoms. The first-order valence-electron chi connectivity index (χ1n) is 8.42. The highest BCUT2D eigenvalue weighted by Crippen LogP contribution is 2.38. The number of benzene rings is 3. The van der Waals surface area contributed by atoms with Crippen LogP contribution in [-0.4, -0.2) is 11.7 Å². The number of hydrogen-bond donors (Lipinski definition) is 1. The molecule has 1 heterocycles. The van der Waals surface area contributed by atoms with Crippen molar-refractivity contribution in [3.63, 3.8) is 0 Å². The van der Waals surface area contributed by atoms with Gasteiger partial charge in [-0.3, -0.25) is 0 Å². The topological polar surface area (TPSA) is 23.5 Å². The molecule has 0 fully saturated rings. The van der Waals surface area contributed by atoms with Gasteiger partial charge in [-0.1, -0.05) is 54.1 Å². The highest BCUT2D eigenvalue weighted by atomic mass is 16.3. The Morgan fingerprint density at radius 3 is 2.42 bits per heavy atom. The Bertz CT molecular complexity index is 840. The molecule has 0 saturated heterocycles. The van der Waals surface area contributed by atoms with Gasteiger partial charge in [-0.05, 0) is 54.3 Å². The van der Waals surface area contributed by atoms with E-state index in [0.717, 1.165) is 13.0 Å². The summed E-state index contributed by atoms with van der Waals surface area (Å²) in [6.07, 6.45) is 1.06. The Morgan fingerprint density at radius 1 is 0.917 bits per heavy atom. The maximum absolute atomic E-state index is 9.66. The van der Waals surface area contributed by atoms with Gasteiger partial charge in [-0.2, -0.15) is 0 Å². The van der Waals surface area contributed by atoms with E-state index in [4.69, 9.17) is 0 Å². The van der Waals surface area contributed by atoms with E-state index in [9.17, 15) is 5.11 Å². The van der Waals surface area contributed by atoms with E-state index in [2.05, 4.69) is 60.4 Å². The maximum Gasteiger partial charge on any atom is 0.115 e. The van der Waals surface area contributed by atoms with E-state index in [1.807, 2.05) is 12.1 Å². The van der Waals surface area contributed by atoms with E-state index in [1.54, 1.807) is 12.1 Å². The van der Waals surface area contributed by atoms with Crippen LogP contribution in [0.4, 0.5) is 5.69 Å². The zero-order valence-corrected chi connectivity index (χ0v) is 13.8. The smallest absolute Gasteiger partial charge is 0.115 e. The van der Waals surface area contributed by atoms with Crippen LogP contribution in [0.1, 0.15) is 28.3 Å². The summed E-state index contributed by atoms with van der Waals surface area (Å²) in [7, 11) is 0. The lowest BCUT2D eigenvalue weighted by molar-refractivity contribution is 0.475. The molecule has 0 bridgehead atoms. The Hall–Kier alpha value is -2.74. The van der Waals surface area contributed by atoms with Gasteiger partial charge in [0, 0.05) is 12.2 Å². The van der Waals surface area contributed by atoms with Crippen molar-refractivity contribution < 1.29 is 5.11 Å². The van der Waals surface area contributed by atoms with Gasteiger partial charge in [0.2, 0.25) is 0 Å². The molecule has 3 aromatic rings. The van der Waals surface area contributed by atoms with Crippen LogP contribution in [0, 0.1) is 6.92 Å². The minimum absolute atomic E-state index is 0.178. The first kappa shape index (κ1) is 14.8. The molecule has 120 valence electrons. The fourth-order valence-electron chi connectivity index (χ4n) is 3.67. The molecule has 3 aromatic carbocycles. The molecule has 4 rings (SSSR count). The number of hydrogen-bond acceptors (Lipinski definition) is 2. The average Bonchev–Trinajstić information content (AvgIpc) is 2.62. The van der Waals surface area contributed by atoms with Crippen molar-refractivity contribution in [3.8, 4) is 5.75 Å². The molecular formula is C22H21NO. The van der Waals surface area contributed by atoms with Gasteiger partial charge in [0.25, 0.3) is 0 Å². The second-order valence-electron chi connectivity index (χ2n) is 6.48. The normalized spacial score (nSPS) is 16.7. The molecule has 1 unspecified atom stereocenters. The van der Waals surface area contributed by atoms with Crippen molar-refractivity contribution in [2.75, 3.05) is 11.4 Å². The molecule has 0 radical (unpaired) electrons. The second kappa shape index (κ2) is 6.04. The number of phenolic OH excluding ortho intramolecular Hbond substituents is 1. The van der Waals surface area contributed by atoms with Gasteiger partial charge in [0.15, 0.2) is 0 Å². The van der Waals surface area contributed by atoms with E-state index in [1.165, 1.54) is 27.9 Å². The summed E-state index contributed by atoms with van der Waals surface area (Å²) in [6, 6.07) is 25.2. The first-order valence-corrected chi connectivity index (χ1v) is 8.42. The van der Waals surface area contributed by atoms with Crippen molar-refractivity contribution in [2.24, 2.45) is 0 Å². The molecule has 0 saturated carbocycles. The van der Waals surface area contributed by atoms with Crippen LogP contribution in [0.5, 0.6) is 5.75 Å². The Morgan fingerprint density at radius 2 is 1.67 bits per heavy atom. The number of phenols is 1. The van der Waals surface area contributed by atoms with Crippen LogP contribution in [0.3, 0.4) is 0 Å². The number of aromatic hydroxyl groups is 1. The van der Waals surface area contributed by atoms with E-state index in [0.29, 0.717) is 5.75 Å². The highest BCUT2D eigenvalue weighted by Gasteiger charge is 2.28. The molecule has 1 N–H and O–H groups in total. The van der Waals surface area contributed by atoms with Gasteiger partial charge in [0.05, 0.1) is 6.04 Å². The summed E-state index contributed by atoms with van der Waals surface area (Å²) < 4.78 is 0. The summed E-state index contributed by atoms with van der Waals surface area (Å²) in [5, 5.41) is 9.66. The summed E-state index contributed by atoms with van der Waals surface area (Å²) in [5.41, 5.74) is 6.55. The standard InChI is InChI=1S/C22H21NO/c1-16-7-12-21-18(15-16)13-14-23(19-5-3-2-4-6-19)22(21)17-8-10-20(24)11-9-17/h2-12,15,22,24H,13-14H2,1H3. The van der Waals surface area contributed by atoms with E-state index in [-0.39, 0.29) is 6.04 Å². The predicted molar refractivity (Wildman–Crippen MR) is 98.6 cm³/mol. The molecular weight excluding hydrogens is 294 g/mol. The summed E-state index contributed by atoms with van der Waals surface area (Å²) in [4.78, 5) is 2.46. The van der Waals surface area contributed by atoms with E-state index >= 15 is 0 Å². The van der Waals surface area contributed by atoms with Crippen LogP contribution < -0.4 is 4.90 Å². The summed E-state index contributed by atoms with van der Waals surface area (Å²) in [5.74, 6) is 0.310. The predicted octanol–water partition coefficient (Wildman–Crippen LogP) is 4.85. The zero-order valence-electron chi connectivity index (χ0n) is 13.8. The van der Waals surface area contributed by atoms with Gasteiger partial charge >= 0.3 is 0 Å². The minimum atomic E-state index is 0.178. The number of fused-ring (bicyclic) bond motifs is 1. The molecule has 0 amide bonds. The lowest BCUT2D eigenvalue weighted by atomic mass is 9.87. The second-order valence-corrected chi connectivity index (χ2v) is 6.48. The summed E-state index contributed by atoms with van der Waals surface area (Å²) >= 11 is 0. The van der Waals surface area contributed by atoms with Crippen LogP contribution in [0.25, 0.3) is 0 Å². The van der Waals surface area contributed by atoms with Crippen molar-refractivity contribution in [2.45, 2.75) is 19.4 Å². The van der Waals surface area contributed by atoms with Crippen LogP contribution >= 0.6 is 0 Å². The number of anilines is 1. The molecule has 1 aliphatic rings. The number of rotatable bonds is 2. The zero-order chi connectivity index (χ0) is 16.5. The van der Waals surface area contributed by atoms with Gasteiger partial charge < -0.3 is 10.0 Å². The third kappa shape index (κ3) is 2.65. The van der Waals surface area contributed by atoms with Crippen LogP contribution in [-0.2, 0) is 6.42 Å². The van der Waals surface area contributed by atoms with E-state index < -0.39 is 0 Å². The molecule has 2 heteroatoms. The molecule has 1 aliphatic heterocycles. The van der Waals surface area contributed by atoms with Crippen molar-refractivity contribution in [1.82, 2.24) is 0 Å². The maximum atomic E-state index is 9.66. The SMILES string of the molecule is Cc1ccc2c(c1)CCN(c1ccccc1)C2c1ccc(O)cc1. The molecule has 0 spiro atoms. The lowest BCUT2D eigenvalue weighted by Crippen LogP contribution is -2.36. The van der Waals surface area contributed by atoms with Crippen LogP contribution in [0.15, 0.2) is 72.8 Å². The van der Waals surface area contributed by atoms with Gasteiger partial charge in [-0.25, -0.2) is 0 Å². The fourth-order valence-corrected chi connectivity index (χ4v) is 3.67. The Kier molecular flexibility index (Phi) is 3.73. The monoisotopic (exact) mass is 315 g/mol. The third-order valence-corrected chi connectivity index (χ3v) is 4.82. The minimum Gasteiger partial charge on any atom is -0.508 e. The van der Waals surface area contributed by atoms with Gasteiger partial charge in [0.1, 0.15) is 5.75 Å². The molecule has 2 nitrogen and oxygen atoms in total. The molecule has 1 atom stereocenters. The third-order valence-electron chi connectivity index (χ3n) is 4.82. The lowest BCUT2D eigenvalue weighted by Gasteiger charge is -2.39. The highest BCUT2D eigenvalue weighted by molar-refractivity contribution is 5.56. The largest absolute Gasteiger partial charge is 0.508 e. The molecule has 0 aliphatic carbocycles. The Balaban J connectivity index is 1.86.